The summed E-state index contributed by atoms with van der Waals surface area (Å²) >= 11 is 0. The Labute approximate surface area is 145 Å². The van der Waals surface area contributed by atoms with Gasteiger partial charge in [-0.15, -0.1) is 0 Å². The van der Waals surface area contributed by atoms with Gasteiger partial charge in [-0.25, -0.2) is 0 Å². The van der Waals surface area contributed by atoms with Gasteiger partial charge in [0.15, 0.2) is 0 Å². The van der Waals surface area contributed by atoms with E-state index in [9.17, 15) is 9.59 Å². The van der Waals surface area contributed by atoms with E-state index in [1.165, 1.54) is 25.7 Å². The highest BCUT2D eigenvalue weighted by molar-refractivity contribution is 5.82. The van der Waals surface area contributed by atoms with Crippen molar-refractivity contribution in [2.24, 2.45) is 0 Å². The maximum atomic E-state index is 12.8. The smallest absolute Gasteiger partial charge is 0.239 e. The SMILES string of the molecule is C[C@H](C(=O)N1CCN(CC(=O)NC2CC2)CC1)N1CCCCCC1. The van der Waals surface area contributed by atoms with Crippen LogP contribution in [0.15, 0.2) is 0 Å². The maximum Gasteiger partial charge on any atom is 0.239 e. The lowest BCUT2D eigenvalue weighted by atomic mass is 10.2. The summed E-state index contributed by atoms with van der Waals surface area (Å²) in [5, 5.41) is 3.03. The van der Waals surface area contributed by atoms with E-state index in [2.05, 4.69) is 22.0 Å². The average molecular weight is 336 g/mol. The lowest BCUT2D eigenvalue weighted by Gasteiger charge is -2.37. The Morgan fingerprint density at radius 2 is 1.58 bits per heavy atom. The van der Waals surface area contributed by atoms with Crippen LogP contribution in [0.5, 0.6) is 0 Å². The Hall–Kier alpha value is -1.14. The number of carbonyl (C=O) groups excluding carboxylic acids is 2. The van der Waals surface area contributed by atoms with Gasteiger partial charge in [-0.1, -0.05) is 12.8 Å². The molecule has 2 amide bonds. The van der Waals surface area contributed by atoms with Gasteiger partial charge in [0, 0.05) is 32.2 Å². The van der Waals surface area contributed by atoms with Gasteiger partial charge < -0.3 is 10.2 Å². The molecular formula is C18H32N4O2. The highest BCUT2D eigenvalue weighted by Gasteiger charge is 2.30. The Kier molecular flexibility index (Phi) is 6.11. The molecule has 6 heteroatoms. The van der Waals surface area contributed by atoms with Crippen LogP contribution in [0.1, 0.15) is 45.4 Å². The zero-order valence-electron chi connectivity index (χ0n) is 15.0. The fraction of sp³-hybridized carbons (Fsp3) is 0.889. The van der Waals surface area contributed by atoms with Gasteiger partial charge in [0.05, 0.1) is 12.6 Å². The summed E-state index contributed by atoms with van der Waals surface area (Å²) in [6.07, 6.45) is 7.26. The molecule has 1 atom stereocenters. The highest BCUT2D eigenvalue weighted by atomic mass is 16.2. The molecule has 2 aliphatic heterocycles. The Morgan fingerprint density at radius 3 is 2.17 bits per heavy atom. The summed E-state index contributed by atoms with van der Waals surface area (Å²) in [5.41, 5.74) is 0. The minimum Gasteiger partial charge on any atom is -0.352 e. The first-order valence-corrected chi connectivity index (χ1v) is 9.68. The molecule has 1 aliphatic carbocycles. The second kappa shape index (κ2) is 8.30. The number of amides is 2. The second-order valence-electron chi connectivity index (χ2n) is 7.57. The second-order valence-corrected chi connectivity index (χ2v) is 7.57. The van der Waals surface area contributed by atoms with Crippen LogP contribution < -0.4 is 5.32 Å². The molecule has 2 saturated heterocycles. The van der Waals surface area contributed by atoms with Crippen molar-refractivity contribution in [1.82, 2.24) is 20.0 Å². The van der Waals surface area contributed by atoms with Gasteiger partial charge in [0.2, 0.25) is 11.8 Å². The van der Waals surface area contributed by atoms with E-state index in [0.29, 0.717) is 12.6 Å². The van der Waals surface area contributed by atoms with E-state index in [4.69, 9.17) is 0 Å². The first-order chi connectivity index (χ1) is 11.6. The number of carbonyl (C=O) groups is 2. The molecule has 3 aliphatic rings. The van der Waals surface area contributed by atoms with Crippen molar-refractivity contribution < 1.29 is 9.59 Å². The summed E-state index contributed by atoms with van der Waals surface area (Å²) in [6.45, 7) is 7.72. The number of piperazine rings is 1. The third kappa shape index (κ3) is 4.93. The Bertz CT molecular complexity index is 436. The molecule has 1 saturated carbocycles. The molecule has 3 fully saturated rings. The molecule has 1 N–H and O–H groups in total. The first-order valence-electron chi connectivity index (χ1n) is 9.68. The fourth-order valence-electron chi connectivity index (χ4n) is 3.73. The summed E-state index contributed by atoms with van der Waals surface area (Å²) < 4.78 is 0. The molecule has 2 heterocycles. The highest BCUT2D eigenvalue weighted by Crippen LogP contribution is 2.18. The largest absolute Gasteiger partial charge is 0.352 e. The topological polar surface area (TPSA) is 55.9 Å². The third-order valence-corrected chi connectivity index (χ3v) is 5.54. The maximum absolute atomic E-state index is 12.8. The summed E-state index contributed by atoms with van der Waals surface area (Å²) in [5.74, 6) is 0.397. The van der Waals surface area contributed by atoms with Crippen molar-refractivity contribution in [1.29, 1.82) is 0 Å². The van der Waals surface area contributed by atoms with E-state index >= 15 is 0 Å². The predicted molar refractivity (Wildman–Crippen MR) is 93.7 cm³/mol. The number of hydrogen-bond donors (Lipinski definition) is 1. The molecule has 0 radical (unpaired) electrons. The van der Waals surface area contributed by atoms with E-state index in [-0.39, 0.29) is 17.9 Å². The molecule has 0 bridgehead atoms. The first kappa shape index (κ1) is 17.7. The van der Waals surface area contributed by atoms with E-state index in [0.717, 1.165) is 52.1 Å². The molecule has 3 rings (SSSR count). The number of nitrogens with zero attached hydrogens (tertiary/aromatic N) is 3. The van der Waals surface area contributed by atoms with Gasteiger partial charge in [-0.05, 0) is 45.7 Å². The van der Waals surface area contributed by atoms with Gasteiger partial charge in [0.1, 0.15) is 0 Å². The minimum absolute atomic E-state index is 0.00665. The van der Waals surface area contributed by atoms with Crippen LogP contribution in [0, 0.1) is 0 Å². The normalized spacial score (nSPS) is 25.1. The van der Waals surface area contributed by atoms with Crippen LogP contribution in [0.2, 0.25) is 0 Å². The van der Waals surface area contributed by atoms with Crippen LogP contribution >= 0.6 is 0 Å². The Morgan fingerprint density at radius 1 is 0.958 bits per heavy atom. The standard InChI is InChI=1S/C18H32N4O2/c1-15(21-8-4-2-3-5-9-21)18(24)22-12-10-20(11-13-22)14-17(23)19-16-6-7-16/h15-16H,2-14H2,1H3,(H,19,23)/t15-/m1/s1. The molecule has 24 heavy (non-hydrogen) atoms. The molecule has 6 nitrogen and oxygen atoms in total. The summed E-state index contributed by atoms with van der Waals surface area (Å²) in [4.78, 5) is 31.2. The van der Waals surface area contributed by atoms with Crippen molar-refractivity contribution in [2.45, 2.75) is 57.5 Å². The molecule has 0 spiro atoms. The number of nitrogens with one attached hydrogen (secondary N) is 1. The zero-order valence-corrected chi connectivity index (χ0v) is 15.0. The zero-order chi connectivity index (χ0) is 16.9. The molecule has 136 valence electrons. The molecule has 0 aromatic rings. The molecule has 0 aromatic carbocycles. The van der Waals surface area contributed by atoms with E-state index < -0.39 is 0 Å². The van der Waals surface area contributed by atoms with Gasteiger partial charge in [0.25, 0.3) is 0 Å². The van der Waals surface area contributed by atoms with Crippen molar-refractivity contribution in [3.63, 3.8) is 0 Å². The minimum atomic E-state index is -0.00665. The van der Waals surface area contributed by atoms with Crippen molar-refractivity contribution in [2.75, 3.05) is 45.8 Å². The van der Waals surface area contributed by atoms with Crippen LogP contribution in [-0.2, 0) is 9.59 Å². The molecular weight excluding hydrogens is 304 g/mol. The monoisotopic (exact) mass is 336 g/mol. The Balaban J connectivity index is 1.41. The molecule has 0 unspecified atom stereocenters. The average Bonchev–Trinajstić information content (AvgIpc) is 3.41. The van der Waals surface area contributed by atoms with Crippen molar-refractivity contribution in [3.8, 4) is 0 Å². The third-order valence-electron chi connectivity index (χ3n) is 5.54. The van der Waals surface area contributed by atoms with Gasteiger partial charge >= 0.3 is 0 Å². The lowest BCUT2D eigenvalue weighted by molar-refractivity contribution is -0.138. The number of hydrogen-bond acceptors (Lipinski definition) is 4. The predicted octanol–water partition coefficient (Wildman–Crippen LogP) is 0.674. The van der Waals surface area contributed by atoms with Crippen molar-refractivity contribution in [3.05, 3.63) is 0 Å². The molecule has 0 aromatic heterocycles. The van der Waals surface area contributed by atoms with Crippen LogP contribution in [-0.4, -0.2) is 84.4 Å². The van der Waals surface area contributed by atoms with Crippen molar-refractivity contribution >= 4 is 11.8 Å². The van der Waals surface area contributed by atoms with E-state index in [1.54, 1.807) is 0 Å². The van der Waals surface area contributed by atoms with Crippen LogP contribution in [0.4, 0.5) is 0 Å². The fourth-order valence-corrected chi connectivity index (χ4v) is 3.73. The quantitative estimate of drug-likeness (QED) is 0.802. The number of rotatable bonds is 5. The van der Waals surface area contributed by atoms with E-state index in [1.807, 2.05) is 4.90 Å². The lowest BCUT2D eigenvalue weighted by Crippen LogP contribution is -2.55. The number of likely N-dealkylation sites (tertiary alicyclic amines) is 1. The van der Waals surface area contributed by atoms with Gasteiger partial charge in [-0.3, -0.25) is 19.4 Å². The summed E-state index contributed by atoms with van der Waals surface area (Å²) in [7, 11) is 0. The van der Waals surface area contributed by atoms with Crippen LogP contribution in [0.25, 0.3) is 0 Å². The van der Waals surface area contributed by atoms with Gasteiger partial charge in [-0.2, -0.15) is 0 Å². The summed E-state index contributed by atoms with van der Waals surface area (Å²) in [6, 6.07) is 0.419. The van der Waals surface area contributed by atoms with Crippen LogP contribution in [0.3, 0.4) is 0 Å².